The van der Waals surface area contributed by atoms with E-state index in [2.05, 4.69) is 21.2 Å². The van der Waals surface area contributed by atoms with E-state index in [1.807, 2.05) is 13.0 Å². The normalized spacial score (nSPS) is 21.8. The minimum Gasteiger partial charge on any atom is -0.376 e. The number of halogens is 2. The van der Waals surface area contributed by atoms with Gasteiger partial charge in [-0.3, -0.25) is 0 Å². The summed E-state index contributed by atoms with van der Waals surface area (Å²) < 4.78 is 20.7. The van der Waals surface area contributed by atoms with Gasteiger partial charge in [0.05, 0.1) is 12.1 Å². The molecular formula is C14H19BrFNO. The minimum absolute atomic E-state index is 0.0622. The van der Waals surface area contributed by atoms with Crippen molar-refractivity contribution in [2.45, 2.75) is 38.3 Å². The van der Waals surface area contributed by atoms with E-state index in [0.717, 1.165) is 36.9 Å². The molecule has 1 saturated heterocycles. The second-order valence-electron chi connectivity index (χ2n) is 4.61. The lowest BCUT2D eigenvalue weighted by Gasteiger charge is -2.31. The maximum atomic E-state index is 14.0. The molecule has 1 heterocycles. The summed E-state index contributed by atoms with van der Waals surface area (Å²) in [5.74, 6) is -0.168. The van der Waals surface area contributed by atoms with Crippen LogP contribution in [0.2, 0.25) is 0 Å². The quantitative estimate of drug-likeness (QED) is 0.912. The highest BCUT2D eigenvalue weighted by molar-refractivity contribution is 9.10. The van der Waals surface area contributed by atoms with E-state index in [9.17, 15) is 4.39 Å². The molecule has 1 aliphatic heterocycles. The van der Waals surface area contributed by atoms with E-state index in [4.69, 9.17) is 4.74 Å². The van der Waals surface area contributed by atoms with E-state index >= 15 is 0 Å². The van der Waals surface area contributed by atoms with Gasteiger partial charge in [-0.2, -0.15) is 0 Å². The first kappa shape index (κ1) is 14.0. The third kappa shape index (κ3) is 3.31. The molecule has 0 aromatic heterocycles. The van der Waals surface area contributed by atoms with Crippen LogP contribution in [0, 0.1) is 5.82 Å². The van der Waals surface area contributed by atoms with Crippen LogP contribution in [0.5, 0.6) is 0 Å². The van der Waals surface area contributed by atoms with E-state index in [0.29, 0.717) is 5.56 Å². The Kier molecular flexibility index (Phi) is 5.15. The lowest BCUT2D eigenvalue weighted by Crippen LogP contribution is -2.36. The molecule has 4 heteroatoms. The minimum atomic E-state index is -0.168. The van der Waals surface area contributed by atoms with Crippen molar-refractivity contribution >= 4 is 15.9 Å². The molecule has 0 aliphatic carbocycles. The molecule has 0 bridgehead atoms. The average Bonchev–Trinajstić information content (AvgIpc) is 2.40. The van der Waals surface area contributed by atoms with Crippen LogP contribution in [-0.4, -0.2) is 19.3 Å². The van der Waals surface area contributed by atoms with E-state index in [-0.39, 0.29) is 18.0 Å². The highest BCUT2D eigenvalue weighted by atomic mass is 79.9. The molecule has 1 aliphatic rings. The van der Waals surface area contributed by atoms with Crippen LogP contribution in [-0.2, 0) is 4.74 Å². The summed E-state index contributed by atoms with van der Waals surface area (Å²) in [6.45, 7) is 3.62. The summed E-state index contributed by atoms with van der Waals surface area (Å²) in [5.41, 5.74) is 0.693. The Bertz CT molecular complexity index is 393. The number of likely N-dealkylation sites (N-methyl/N-ethyl adjacent to an activating group) is 1. The fourth-order valence-electron chi connectivity index (χ4n) is 2.44. The Morgan fingerprint density at radius 2 is 2.33 bits per heavy atom. The highest BCUT2D eigenvalue weighted by Gasteiger charge is 2.27. The molecule has 1 N–H and O–H groups in total. The van der Waals surface area contributed by atoms with Crippen LogP contribution in [0.1, 0.15) is 37.8 Å². The van der Waals surface area contributed by atoms with Crippen LogP contribution in [0.25, 0.3) is 0 Å². The van der Waals surface area contributed by atoms with Crippen LogP contribution >= 0.6 is 15.9 Å². The molecule has 0 spiro atoms. The van der Waals surface area contributed by atoms with Gasteiger partial charge in [0.2, 0.25) is 0 Å². The predicted molar refractivity (Wildman–Crippen MR) is 74.1 cm³/mol. The van der Waals surface area contributed by atoms with Gasteiger partial charge in [-0.15, -0.1) is 0 Å². The van der Waals surface area contributed by atoms with Crippen molar-refractivity contribution in [1.82, 2.24) is 5.32 Å². The standard InChI is InChI=1S/C14H19BrFNO/c1-2-17-14(13-5-3-4-8-18-13)11-9-10(15)6-7-12(11)16/h6-7,9,13-14,17H,2-5,8H2,1H3. The first-order valence-corrected chi connectivity index (χ1v) is 7.31. The molecule has 1 aromatic rings. The van der Waals surface area contributed by atoms with Gasteiger partial charge < -0.3 is 10.1 Å². The summed E-state index contributed by atoms with van der Waals surface area (Å²) in [7, 11) is 0. The number of nitrogens with one attached hydrogen (secondary N) is 1. The largest absolute Gasteiger partial charge is 0.376 e. The maximum absolute atomic E-state index is 14.0. The number of rotatable bonds is 4. The summed E-state index contributed by atoms with van der Waals surface area (Å²) in [6.07, 6.45) is 3.32. The summed E-state index contributed by atoms with van der Waals surface area (Å²) in [6, 6.07) is 5.02. The van der Waals surface area contributed by atoms with Crippen molar-refractivity contribution in [2.24, 2.45) is 0 Å². The second-order valence-corrected chi connectivity index (χ2v) is 5.52. The molecule has 2 unspecified atom stereocenters. The highest BCUT2D eigenvalue weighted by Crippen LogP contribution is 2.29. The van der Waals surface area contributed by atoms with Crippen LogP contribution in [0.4, 0.5) is 4.39 Å². The first-order chi connectivity index (χ1) is 8.72. The van der Waals surface area contributed by atoms with Gasteiger partial charge in [0.25, 0.3) is 0 Å². The molecule has 0 saturated carbocycles. The van der Waals surface area contributed by atoms with Crippen molar-refractivity contribution in [2.75, 3.05) is 13.2 Å². The van der Waals surface area contributed by atoms with Gasteiger partial charge in [0, 0.05) is 16.6 Å². The van der Waals surface area contributed by atoms with E-state index in [1.165, 1.54) is 6.07 Å². The van der Waals surface area contributed by atoms with E-state index in [1.54, 1.807) is 6.07 Å². The number of hydrogen-bond donors (Lipinski definition) is 1. The molecule has 100 valence electrons. The lowest BCUT2D eigenvalue weighted by molar-refractivity contribution is -0.00857. The molecule has 1 fully saturated rings. The monoisotopic (exact) mass is 315 g/mol. The zero-order valence-electron chi connectivity index (χ0n) is 10.6. The van der Waals surface area contributed by atoms with Gasteiger partial charge in [0.1, 0.15) is 5.82 Å². The molecule has 2 atom stereocenters. The fourth-order valence-corrected chi connectivity index (χ4v) is 2.82. The van der Waals surface area contributed by atoms with Crippen LogP contribution in [0.3, 0.4) is 0 Å². The summed E-state index contributed by atoms with van der Waals surface area (Å²) in [5, 5.41) is 3.35. The second kappa shape index (κ2) is 6.64. The smallest absolute Gasteiger partial charge is 0.128 e. The Labute approximate surface area is 116 Å². The van der Waals surface area contributed by atoms with Gasteiger partial charge in [-0.25, -0.2) is 4.39 Å². The zero-order chi connectivity index (χ0) is 13.0. The molecule has 0 radical (unpaired) electrons. The Balaban J connectivity index is 2.24. The zero-order valence-corrected chi connectivity index (χ0v) is 12.2. The van der Waals surface area contributed by atoms with E-state index < -0.39 is 0 Å². The topological polar surface area (TPSA) is 21.3 Å². The predicted octanol–water partition coefficient (Wildman–Crippen LogP) is 3.81. The van der Waals surface area contributed by atoms with Gasteiger partial charge in [0.15, 0.2) is 0 Å². The average molecular weight is 316 g/mol. The molecule has 1 aromatic carbocycles. The van der Waals surface area contributed by atoms with Crippen molar-refractivity contribution in [3.05, 3.63) is 34.1 Å². The van der Waals surface area contributed by atoms with Crippen LogP contribution < -0.4 is 5.32 Å². The summed E-state index contributed by atoms with van der Waals surface area (Å²) in [4.78, 5) is 0. The Morgan fingerprint density at radius 1 is 1.50 bits per heavy atom. The third-order valence-corrected chi connectivity index (χ3v) is 3.80. The SMILES string of the molecule is CCNC(c1cc(Br)ccc1F)C1CCCCO1. The van der Waals surface area contributed by atoms with Crippen molar-refractivity contribution in [3.8, 4) is 0 Å². The van der Waals surface area contributed by atoms with Crippen LogP contribution in [0.15, 0.2) is 22.7 Å². The molecule has 0 amide bonds. The van der Waals surface area contributed by atoms with Gasteiger partial charge in [-0.05, 0) is 44.0 Å². The molecule has 2 nitrogen and oxygen atoms in total. The van der Waals surface area contributed by atoms with Gasteiger partial charge in [-0.1, -0.05) is 22.9 Å². The number of ether oxygens (including phenoxy) is 1. The summed E-state index contributed by atoms with van der Waals surface area (Å²) >= 11 is 3.40. The molecule has 2 rings (SSSR count). The third-order valence-electron chi connectivity index (χ3n) is 3.30. The number of hydrogen-bond acceptors (Lipinski definition) is 2. The first-order valence-electron chi connectivity index (χ1n) is 6.52. The lowest BCUT2D eigenvalue weighted by atomic mass is 9.95. The maximum Gasteiger partial charge on any atom is 0.128 e. The Hall–Kier alpha value is -0.450. The molecule has 18 heavy (non-hydrogen) atoms. The van der Waals surface area contributed by atoms with Crippen molar-refractivity contribution in [1.29, 1.82) is 0 Å². The Morgan fingerprint density at radius 3 is 3.00 bits per heavy atom. The van der Waals surface area contributed by atoms with Crippen molar-refractivity contribution in [3.63, 3.8) is 0 Å². The fraction of sp³-hybridized carbons (Fsp3) is 0.571. The number of benzene rings is 1. The molecular weight excluding hydrogens is 297 g/mol. The van der Waals surface area contributed by atoms with Gasteiger partial charge >= 0.3 is 0 Å². The van der Waals surface area contributed by atoms with Crippen molar-refractivity contribution < 1.29 is 9.13 Å².